The molecule has 1 amide bonds. The molecule has 112 valence electrons. The lowest BCUT2D eigenvalue weighted by Crippen LogP contribution is -2.03. The maximum absolute atomic E-state index is 12.3. The highest BCUT2D eigenvalue weighted by Crippen LogP contribution is 2.40. The zero-order chi connectivity index (χ0) is 16.0. The van der Waals surface area contributed by atoms with Crippen LogP contribution in [0, 0.1) is 13.8 Å². The molecule has 3 rings (SSSR count). The first-order chi connectivity index (χ1) is 10.4. The van der Waals surface area contributed by atoms with Gasteiger partial charge in [-0.3, -0.25) is 4.79 Å². The number of aryl methyl sites for hydroxylation is 2. The maximum atomic E-state index is 12.3. The predicted octanol–water partition coefficient (Wildman–Crippen LogP) is 5.03. The van der Waals surface area contributed by atoms with E-state index in [1.807, 2.05) is 44.2 Å². The Morgan fingerprint density at radius 1 is 1.09 bits per heavy atom. The number of hydrogen-bond donors (Lipinski definition) is 2. The van der Waals surface area contributed by atoms with E-state index in [2.05, 4.69) is 37.2 Å². The van der Waals surface area contributed by atoms with Crippen LogP contribution < -0.4 is 5.32 Å². The Balaban J connectivity index is 2.16. The van der Waals surface area contributed by atoms with Crippen LogP contribution in [0.4, 0.5) is 5.69 Å². The smallest absolute Gasteiger partial charge is 0.256 e. The lowest BCUT2D eigenvalue weighted by molar-refractivity contribution is -0.110. The Hall–Kier alpha value is -1.59. The van der Waals surface area contributed by atoms with Gasteiger partial charge in [-0.2, -0.15) is 0 Å². The van der Waals surface area contributed by atoms with Crippen LogP contribution in [-0.2, 0) is 4.79 Å². The number of halogens is 2. The summed E-state index contributed by atoms with van der Waals surface area (Å²) in [7, 11) is 0. The van der Waals surface area contributed by atoms with E-state index in [0.717, 1.165) is 36.9 Å². The fourth-order valence-electron chi connectivity index (χ4n) is 2.60. The third kappa shape index (κ3) is 2.59. The van der Waals surface area contributed by atoms with Crippen molar-refractivity contribution in [1.29, 1.82) is 0 Å². The van der Waals surface area contributed by atoms with Crippen molar-refractivity contribution in [2.75, 3.05) is 5.32 Å². The number of carbonyl (C=O) groups excluding carboxylic acids is 1. The summed E-state index contributed by atoms with van der Waals surface area (Å²) in [5.74, 6) is 0.168. The van der Waals surface area contributed by atoms with Gasteiger partial charge in [0, 0.05) is 20.1 Å². The van der Waals surface area contributed by atoms with Gasteiger partial charge in [0.25, 0.3) is 5.91 Å². The Kier molecular flexibility index (Phi) is 3.87. The lowest BCUT2D eigenvalue weighted by Gasteiger charge is -2.06. The number of carbonyl (C=O) groups is 1. The second-order valence-electron chi connectivity index (χ2n) is 5.33. The van der Waals surface area contributed by atoms with Crippen molar-refractivity contribution in [2.24, 2.45) is 0 Å². The van der Waals surface area contributed by atoms with Crippen LogP contribution in [0.5, 0.6) is 5.75 Å². The van der Waals surface area contributed by atoms with E-state index in [4.69, 9.17) is 0 Å². The summed E-state index contributed by atoms with van der Waals surface area (Å²) in [5, 5.41) is 12.7. The molecule has 0 radical (unpaired) electrons. The molecule has 0 aliphatic carbocycles. The summed E-state index contributed by atoms with van der Waals surface area (Å²) < 4.78 is 1.74. The van der Waals surface area contributed by atoms with Crippen LogP contribution >= 0.6 is 31.9 Å². The van der Waals surface area contributed by atoms with Gasteiger partial charge in [-0.15, -0.1) is 0 Å². The van der Waals surface area contributed by atoms with Gasteiger partial charge < -0.3 is 10.4 Å². The van der Waals surface area contributed by atoms with Gasteiger partial charge in [-0.1, -0.05) is 15.9 Å². The summed E-state index contributed by atoms with van der Waals surface area (Å²) in [4.78, 5) is 12.3. The number of fused-ring (bicyclic) bond motifs is 1. The van der Waals surface area contributed by atoms with E-state index in [-0.39, 0.29) is 5.91 Å². The van der Waals surface area contributed by atoms with Crippen LogP contribution in [0.3, 0.4) is 0 Å². The largest absolute Gasteiger partial charge is 0.507 e. The molecule has 1 heterocycles. The van der Waals surface area contributed by atoms with Gasteiger partial charge in [0.15, 0.2) is 0 Å². The van der Waals surface area contributed by atoms with Gasteiger partial charge in [-0.25, -0.2) is 0 Å². The van der Waals surface area contributed by atoms with E-state index in [1.54, 1.807) is 0 Å². The molecule has 0 spiro atoms. The minimum Gasteiger partial charge on any atom is -0.507 e. The quantitative estimate of drug-likeness (QED) is 0.633. The molecular weight excluding hydrogens is 410 g/mol. The van der Waals surface area contributed by atoms with E-state index >= 15 is 0 Å². The molecule has 2 aromatic carbocycles. The highest BCUT2D eigenvalue weighted by molar-refractivity contribution is 9.11. The number of hydrogen-bond acceptors (Lipinski definition) is 2. The zero-order valence-electron chi connectivity index (χ0n) is 12.0. The van der Waals surface area contributed by atoms with Crippen LogP contribution in [0.15, 0.2) is 33.2 Å². The minimum absolute atomic E-state index is 0.128. The summed E-state index contributed by atoms with van der Waals surface area (Å²) in [6.45, 7) is 3.69. The summed E-state index contributed by atoms with van der Waals surface area (Å²) in [6, 6.07) is 7.56. The number of benzene rings is 2. The molecule has 2 aromatic rings. The Morgan fingerprint density at radius 2 is 1.73 bits per heavy atom. The highest BCUT2D eigenvalue weighted by Gasteiger charge is 2.26. The van der Waals surface area contributed by atoms with Crippen LogP contribution in [0.25, 0.3) is 11.6 Å². The molecule has 0 bridgehead atoms. The van der Waals surface area contributed by atoms with Crippen molar-refractivity contribution >= 4 is 55.1 Å². The number of phenolic OH excluding ortho intramolecular Hbond substituents is 1. The molecule has 0 saturated carbocycles. The molecule has 0 fully saturated rings. The predicted molar refractivity (Wildman–Crippen MR) is 95.9 cm³/mol. The SMILES string of the molecule is Cc1cc(C=C2C(=O)Nc3c(Br)cc(Br)cc32)cc(C)c1O. The van der Waals surface area contributed by atoms with Gasteiger partial charge in [-0.05, 0) is 76.8 Å². The van der Waals surface area contributed by atoms with Crippen molar-refractivity contribution in [3.63, 3.8) is 0 Å². The molecule has 0 atom stereocenters. The molecule has 3 nitrogen and oxygen atoms in total. The Labute approximate surface area is 145 Å². The first-order valence-electron chi connectivity index (χ1n) is 6.69. The molecule has 0 aromatic heterocycles. The monoisotopic (exact) mass is 421 g/mol. The maximum Gasteiger partial charge on any atom is 0.256 e. The first-order valence-corrected chi connectivity index (χ1v) is 8.28. The lowest BCUT2D eigenvalue weighted by atomic mass is 10.0. The van der Waals surface area contributed by atoms with E-state index in [9.17, 15) is 9.90 Å². The Morgan fingerprint density at radius 3 is 2.36 bits per heavy atom. The van der Waals surface area contributed by atoms with E-state index < -0.39 is 0 Å². The highest BCUT2D eigenvalue weighted by atomic mass is 79.9. The van der Waals surface area contributed by atoms with Gasteiger partial charge in [0.2, 0.25) is 0 Å². The molecule has 0 saturated heterocycles. The molecule has 22 heavy (non-hydrogen) atoms. The van der Waals surface area contributed by atoms with Crippen molar-refractivity contribution in [3.05, 3.63) is 55.5 Å². The molecule has 2 N–H and O–H groups in total. The van der Waals surface area contributed by atoms with E-state index in [0.29, 0.717) is 11.3 Å². The number of rotatable bonds is 1. The number of amides is 1. The van der Waals surface area contributed by atoms with Gasteiger partial charge >= 0.3 is 0 Å². The number of phenols is 1. The summed E-state index contributed by atoms with van der Waals surface area (Å²) in [5.41, 5.74) is 4.73. The summed E-state index contributed by atoms with van der Waals surface area (Å²) >= 11 is 6.92. The number of aromatic hydroxyl groups is 1. The third-order valence-corrected chi connectivity index (χ3v) is 4.74. The second-order valence-corrected chi connectivity index (χ2v) is 7.10. The average Bonchev–Trinajstić information content (AvgIpc) is 2.74. The zero-order valence-corrected chi connectivity index (χ0v) is 15.2. The van der Waals surface area contributed by atoms with Crippen molar-refractivity contribution < 1.29 is 9.90 Å². The molecular formula is C17H13Br2NO2. The number of anilines is 1. The van der Waals surface area contributed by atoms with Crippen LogP contribution in [0.2, 0.25) is 0 Å². The van der Waals surface area contributed by atoms with Crippen LogP contribution in [0.1, 0.15) is 22.3 Å². The number of nitrogens with one attached hydrogen (secondary N) is 1. The van der Waals surface area contributed by atoms with Gasteiger partial charge in [0.1, 0.15) is 5.75 Å². The normalized spacial score (nSPS) is 15.1. The minimum atomic E-state index is -0.128. The molecule has 1 aliphatic rings. The second kappa shape index (κ2) is 5.56. The van der Waals surface area contributed by atoms with Crippen molar-refractivity contribution in [2.45, 2.75) is 13.8 Å². The standard InChI is InChI=1S/C17H13Br2NO2/c1-8-3-10(4-9(2)16(8)21)5-13-12-6-11(18)7-14(19)15(12)20-17(13)22/h3-7,21H,1-2H3,(H,20,22). The first kappa shape index (κ1) is 15.3. The fourth-order valence-corrected chi connectivity index (χ4v) is 3.92. The van der Waals surface area contributed by atoms with E-state index in [1.165, 1.54) is 0 Å². The molecule has 0 unspecified atom stereocenters. The fraction of sp³-hybridized carbons (Fsp3) is 0.118. The molecule has 1 aliphatic heterocycles. The molecule has 5 heteroatoms. The average molecular weight is 423 g/mol. The summed E-state index contributed by atoms with van der Waals surface area (Å²) in [6.07, 6.45) is 1.85. The van der Waals surface area contributed by atoms with Crippen molar-refractivity contribution in [3.8, 4) is 5.75 Å². The van der Waals surface area contributed by atoms with Gasteiger partial charge in [0.05, 0.1) is 5.69 Å². The third-order valence-electron chi connectivity index (χ3n) is 3.65. The van der Waals surface area contributed by atoms with Crippen molar-refractivity contribution in [1.82, 2.24) is 0 Å². The Bertz CT molecular complexity index is 818. The van der Waals surface area contributed by atoms with Crippen LogP contribution in [-0.4, -0.2) is 11.0 Å². The topological polar surface area (TPSA) is 49.3 Å².